The summed E-state index contributed by atoms with van der Waals surface area (Å²) < 4.78 is 11.1. The average Bonchev–Trinajstić information content (AvgIpc) is 3.04. The Hall–Kier alpha value is -0.980. The molecule has 1 aromatic rings. The van der Waals surface area contributed by atoms with Gasteiger partial charge in [-0.25, -0.2) is 0 Å². The third kappa shape index (κ3) is 3.62. The summed E-state index contributed by atoms with van der Waals surface area (Å²) in [6, 6.07) is 0.291. The Morgan fingerprint density at radius 3 is 2.95 bits per heavy atom. The van der Waals surface area contributed by atoms with Crippen LogP contribution in [0, 0.1) is 0 Å². The number of piperazine rings is 1. The van der Waals surface area contributed by atoms with Crippen molar-refractivity contribution in [1.29, 1.82) is 0 Å². The lowest BCUT2D eigenvalue weighted by molar-refractivity contribution is 0.0705. The van der Waals surface area contributed by atoms with E-state index >= 15 is 0 Å². The van der Waals surface area contributed by atoms with Crippen LogP contribution in [0.5, 0.6) is 0 Å². The van der Waals surface area contributed by atoms with E-state index in [1.165, 1.54) is 0 Å². The van der Waals surface area contributed by atoms with E-state index in [0.29, 0.717) is 12.6 Å². The molecule has 6 nitrogen and oxygen atoms in total. The lowest BCUT2D eigenvalue weighted by Gasteiger charge is -2.33. The normalized spacial score (nSPS) is 25.9. The minimum atomic E-state index is 0.283. The highest BCUT2D eigenvalue weighted by Gasteiger charge is 2.28. The van der Waals surface area contributed by atoms with Gasteiger partial charge in [0, 0.05) is 32.8 Å². The van der Waals surface area contributed by atoms with Crippen molar-refractivity contribution in [3.8, 4) is 0 Å². The van der Waals surface area contributed by atoms with Gasteiger partial charge in [0.05, 0.1) is 18.6 Å². The highest BCUT2D eigenvalue weighted by Crippen LogP contribution is 2.28. The Kier molecular flexibility index (Phi) is 5.22. The third-order valence-corrected chi connectivity index (χ3v) is 4.42. The molecule has 118 valence electrons. The summed E-state index contributed by atoms with van der Waals surface area (Å²) in [4.78, 5) is 7.19. The predicted octanol–water partition coefficient (Wildman–Crippen LogP) is 1.71. The van der Waals surface area contributed by atoms with Crippen molar-refractivity contribution in [1.82, 2.24) is 20.4 Å². The van der Waals surface area contributed by atoms with Crippen LogP contribution >= 0.6 is 0 Å². The Morgan fingerprint density at radius 2 is 2.24 bits per heavy atom. The van der Waals surface area contributed by atoms with E-state index in [9.17, 15) is 0 Å². The van der Waals surface area contributed by atoms with Crippen LogP contribution in [0.3, 0.4) is 0 Å². The Labute approximate surface area is 126 Å². The zero-order chi connectivity index (χ0) is 14.5. The summed E-state index contributed by atoms with van der Waals surface area (Å²) in [6.45, 7) is 7.99. The van der Waals surface area contributed by atoms with E-state index in [0.717, 1.165) is 70.2 Å². The number of aromatic nitrogens is 2. The molecule has 0 spiro atoms. The van der Waals surface area contributed by atoms with Crippen LogP contribution in [-0.2, 0) is 4.74 Å². The smallest absolute Gasteiger partial charge is 0.232 e. The molecule has 3 rings (SSSR count). The fraction of sp³-hybridized carbons (Fsp3) is 0.867. The van der Waals surface area contributed by atoms with Gasteiger partial charge in [-0.3, -0.25) is 4.90 Å². The summed E-state index contributed by atoms with van der Waals surface area (Å²) in [5.74, 6) is 1.91. The molecule has 2 aliphatic heterocycles. The Bertz CT molecular complexity index is 425. The van der Waals surface area contributed by atoms with Crippen molar-refractivity contribution in [2.24, 2.45) is 0 Å². The number of nitrogens with one attached hydrogen (secondary N) is 1. The van der Waals surface area contributed by atoms with Gasteiger partial charge in [-0.2, -0.15) is 4.98 Å². The quantitative estimate of drug-likeness (QED) is 0.892. The zero-order valence-electron chi connectivity index (χ0n) is 12.9. The van der Waals surface area contributed by atoms with Gasteiger partial charge in [0.15, 0.2) is 5.82 Å². The standard InChI is InChI=1S/C15H26N4O2/c1-2-4-13(19-8-6-16-7-9-19)14-17-15(21-18-14)12-5-3-10-20-11-12/h12-13,16H,2-11H2,1H3. The molecule has 1 N–H and O–H groups in total. The third-order valence-electron chi connectivity index (χ3n) is 4.42. The summed E-state index contributed by atoms with van der Waals surface area (Å²) in [7, 11) is 0. The van der Waals surface area contributed by atoms with Gasteiger partial charge >= 0.3 is 0 Å². The number of hydrogen-bond donors (Lipinski definition) is 1. The lowest BCUT2D eigenvalue weighted by Crippen LogP contribution is -2.45. The fourth-order valence-electron chi connectivity index (χ4n) is 3.23. The van der Waals surface area contributed by atoms with Crippen molar-refractivity contribution < 1.29 is 9.26 Å². The van der Waals surface area contributed by atoms with Gasteiger partial charge < -0.3 is 14.6 Å². The van der Waals surface area contributed by atoms with Crippen molar-refractivity contribution in [3.05, 3.63) is 11.7 Å². The molecule has 6 heteroatoms. The maximum absolute atomic E-state index is 5.54. The number of nitrogens with zero attached hydrogens (tertiary/aromatic N) is 3. The SMILES string of the molecule is CCCC(c1noc(C2CCCOC2)n1)N1CCNCC1. The van der Waals surface area contributed by atoms with Gasteiger partial charge in [0.25, 0.3) is 0 Å². The van der Waals surface area contributed by atoms with E-state index in [1.807, 2.05) is 0 Å². The summed E-state index contributed by atoms with van der Waals surface area (Å²) >= 11 is 0. The molecule has 0 aromatic carbocycles. The first kappa shape index (κ1) is 14.9. The maximum Gasteiger partial charge on any atom is 0.232 e. The van der Waals surface area contributed by atoms with E-state index in [-0.39, 0.29) is 5.92 Å². The molecule has 1 aromatic heterocycles. The molecular weight excluding hydrogens is 268 g/mol. The Balaban J connectivity index is 1.71. The zero-order valence-corrected chi connectivity index (χ0v) is 12.9. The topological polar surface area (TPSA) is 63.4 Å². The minimum absolute atomic E-state index is 0.283. The second-order valence-corrected chi connectivity index (χ2v) is 6.00. The molecule has 0 bridgehead atoms. The van der Waals surface area contributed by atoms with Gasteiger partial charge in [0.1, 0.15) is 0 Å². The first-order chi connectivity index (χ1) is 10.4. The van der Waals surface area contributed by atoms with Crippen molar-refractivity contribution in [2.45, 2.75) is 44.6 Å². The molecule has 2 unspecified atom stereocenters. The van der Waals surface area contributed by atoms with E-state index in [4.69, 9.17) is 14.2 Å². The van der Waals surface area contributed by atoms with Crippen LogP contribution in [0.2, 0.25) is 0 Å². The van der Waals surface area contributed by atoms with Crippen LogP contribution in [0.1, 0.15) is 56.3 Å². The molecular formula is C15H26N4O2. The molecule has 2 aliphatic rings. The van der Waals surface area contributed by atoms with E-state index in [2.05, 4.69) is 22.3 Å². The number of rotatable bonds is 5. The summed E-state index contributed by atoms with van der Waals surface area (Å²) in [6.07, 6.45) is 4.39. The molecule has 2 saturated heterocycles. The summed E-state index contributed by atoms with van der Waals surface area (Å²) in [5.41, 5.74) is 0. The molecule has 21 heavy (non-hydrogen) atoms. The fourth-order valence-corrected chi connectivity index (χ4v) is 3.23. The molecule has 3 heterocycles. The first-order valence-corrected chi connectivity index (χ1v) is 8.24. The minimum Gasteiger partial charge on any atom is -0.381 e. The largest absolute Gasteiger partial charge is 0.381 e. The molecule has 0 saturated carbocycles. The average molecular weight is 294 g/mol. The second kappa shape index (κ2) is 7.33. The van der Waals surface area contributed by atoms with Gasteiger partial charge in [-0.05, 0) is 19.3 Å². The number of ether oxygens (including phenoxy) is 1. The van der Waals surface area contributed by atoms with E-state index in [1.54, 1.807) is 0 Å². The molecule has 0 amide bonds. The highest BCUT2D eigenvalue weighted by molar-refractivity contribution is 5.00. The molecule has 0 aliphatic carbocycles. The highest BCUT2D eigenvalue weighted by atomic mass is 16.5. The van der Waals surface area contributed by atoms with Crippen LogP contribution < -0.4 is 5.32 Å². The second-order valence-electron chi connectivity index (χ2n) is 6.00. The maximum atomic E-state index is 5.54. The lowest BCUT2D eigenvalue weighted by atomic mass is 10.0. The van der Waals surface area contributed by atoms with E-state index < -0.39 is 0 Å². The van der Waals surface area contributed by atoms with Crippen LogP contribution in [0.25, 0.3) is 0 Å². The van der Waals surface area contributed by atoms with Crippen LogP contribution in [-0.4, -0.2) is 54.4 Å². The van der Waals surface area contributed by atoms with Crippen molar-refractivity contribution in [2.75, 3.05) is 39.4 Å². The molecule has 0 radical (unpaired) electrons. The van der Waals surface area contributed by atoms with Crippen LogP contribution in [0.15, 0.2) is 4.52 Å². The van der Waals surface area contributed by atoms with Gasteiger partial charge in [-0.1, -0.05) is 18.5 Å². The monoisotopic (exact) mass is 294 g/mol. The van der Waals surface area contributed by atoms with Gasteiger partial charge in [-0.15, -0.1) is 0 Å². The van der Waals surface area contributed by atoms with Crippen molar-refractivity contribution >= 4 is 0 Å². The molecule has 2 fully saturated rings. The Morgan fingerprint density at radius 1 is 1.38 bits per heavy atom. The predicted molar refractivity (Wildman–Crippen MR) is 79.2 cm³/mol. The number of hydrogen-bond acceptors (Lipinski definition) is 6. The van der Waals surface area contributed by atoms with Crippen LogP contribution in [0.4, 0.5) is 0 Å². The van der Waals surface area contributed by atoms with Crippen molar-refractivity contribution in [3.63, 3.8) is 0 Å². The van der Waals surface area contributed by atoms with Gasteiger partial charge in [0.2, 0.25) is 5.89 Å². The summed E-state index contributed by atoms with van der Waals surface area (Å²) in [5, 5.41) is 7.68. The first-order valence-electron chi connectivity index (χ1n) is 8.24. The molecule has 2 atom stereocenters.